The van der Waals surface area contributed by atoms with Crippen LogP contribution in [-0.4, -0.2) is 34.2 Å². The summed E-state index contributed by atoms with van der Waals surface area (Å²) in [7, 11) is 0. The number of benzene rings is 2. The highest BCUT2D eigenvalue weighted by atomic mass is 19.1. The van der Waals surface area contributed by atoms with Gasteiger partial charge in [0.15, 0.2) is 0 Å². The van der Waals surface area contributed by atoms with Gasteiger partial charge < -0.3 is 21.3 Å². The van der Waals surface area contributed by atoms with E-state index in [9.17, 15) is 24.2 Å². The van der Waals surface area contributed by atoms with E-state index in [0.29, 0.717) is 12.8 Å². The first-order valence-electron chi connectivity index (χ1n) is 8.66. The normalized spacial score (nSPS) is 13.0. The van der Waals surface area contributed by atoms with Crippen molar-refractivity contribution >= 4 is 11.9 Å². The maximum atomic E-state index is 12.9. The lowest BCUT2D eigenvalue weighted by Gasteiger charge is -2.18. The number of rotatable bonds is 9. The average Bonchev–Trinajstić information content (AvgIpc) is 2.64. The van der Waals surface area contributed by atoms with Gasteiger partial charge in [-0.2, -0.15) is 0 Å². The van der Waals surface area contributed by atoms with Gasteiger partial charge in [0.05, 0.1) is 6.04 Å². The summed E-state index contributed by atoms with van der Waals surface area (Å²) in [6.07, 6.45) is 1.58. The van der Waals surface area contributed by atoms with Crippen molar-refractivity contribution in [1.29, 1.82) is 0 Å². The SMILES string of the molecule is N[C@@H](Cc1ccc(O)cc1)C(=O)NC(CCCc1ccc(F)cc1)C(=O)O. The molecule has 0 aliphatic rings. The van der Waals surface area contributed by atoms with Gasteiger partial charge in [-0.3, -0.25) is 4.79 Å². The standard InChI is InChI=1S/C20H23FN2O4/c21-15-8-4-13(5-9-15)2-1-3-18(20(26)27)23-19(25)17(22)12-14-6-10-16(24)11-7-14/h4-11,17-18,24H,1-3,12,22H2,(H,23,25)(H,26,27)/t17-,18?/m0/s1. The molecule has 6 nitrogen and oxygen atoms in total. The number of aryl methyl sites for hydroxylation is 1. The van der Waals surface area contributed by atoms with Gasteiger partial charge in [-0.05, 0) is 61.1 Å². The van der Waals surface area contributed by atoms with E-state index in [2.05, 4.69) is 5.32 Å². The van der Waals surface area contributed by atoms with E-state index in [-0.39, 0.29) is 24.4 Å². The minimum atomic E-state index is -1.13. The molecule has 0 aliphatic heterocycles. The van der Waals surface area contributed by atoms with Crippen LogP contribution in [0, 0.1) is 5.82 Å². The Labute approximate surface area is 156 Å². The van der Waals surface area contributed by atoms with Gasteiger partial charge in [0.2, 0.25) is 5.91 Å². The summed E-state index contributed by atoms with van der Waals surface area (Å²) in [6, 6.07) is 10.4. The van der Waals surface area contributed by atoms with Crippen LogP contribution in [0.5, 0.6) is 5.75 Å². The van der Waals surface area contributed by atoms with Gasteiger partial charge in [0, 0.05) is 0 Å². The van der Waals surface area contributed by atoms with Crippen molar-refractivity contribution in [2.24, 2.45) is 5.73 Å². The number of nitrogens with two attached hydrogens (primary N) is 1. The fraction of sp³-hybridized carbons (Fsp3) is 0.300. The number of carboxylic acids is 1. The zero-order chi connectivity index (χ0) is 19.8. The lowest BCUT2D eigenvalue weighted by Crippen LogP contribution is -2.49. The molecule has 0 bridgehead atoms. The van der Waals surface area contributed by atoms with Crippen LogP contribution in [0.2, 0.25) is 0 Å². The Balaban J connectivity index is 1.84. The second-order valence-electron chi connectivity index (χ2n) is 6.40. The predicted octanol–water partition coefficient (Wildman–Crippen LogP) is 1.99. The molecule has 0 aliphatic carbocycles. The minimum absolute atomic E-state index is 0.115. The second-order valence-corrected chi connectivity index (χ2v) is 6.40. The van der Waals surface area contributed by atoms with Crippen LogP contribution in [0.3, 0.4) is 0 Å². The molecule has 1 unspecified atom stereocenters. The fourth-order valence-corrected chi connectivity index (χ4v) is 2.68. The zero-order valence-corrected chi connectivity index (χ0v) is 14.8. The third-order valence-electron chi connectivity index (χ3n) is 4.21. The van der Waals surface area contributed by atoms with E-state index in [0.717, 1.165) is 11.1 Å². The summed E-state index contributed by atoms with van der Waals surface area (Å²) < 4.78 is 12.9. The molecule has 7 heteroatoms. The molecule has 0 fully saturated rings. The molecule has 0 heterocycles. The molecule has 144 valence electrons. The predicted molar refractivity (Wildman–Crippen MR) is 98.7 cm³/mol. The Morgan fingerprint density at radius 2 is 1.63 bits per heavy atom. The Hall–Kier alpha value is -2.93. The molecule has 2 aromatic rings. The van der Waals surface area contributed by atoms with Crippen LogP contribution in [0.1, 0.15) is 24.0 Å². The van der Waals surface area contributed by atoms with Crippen LogP contribution in [0.15, 0.2) is 48.5 Å². The number of nitrogens with one attached hydrogen (secondary N) is 1. The van der Waals surface area contributed by atoms with Crippen molar-refractivity contribution in [2.45, 2.75) is 37.8 Å². The third kappa shape index (κ3) is 6.71. The van der Waals surface area contributed by atoms with E-state index in [1.165, 1.54) is 24.3 Å². The van der Waals surface area contributed by atoms with Gasteiger partial charge in [-0.15, -0.1) is 0 Å². The summed E-state index contributed by atoms with van der Waals surface area (Å²) >= 11 is 0. The molecule has 0 radical (unpaired) electrons. The molecule has 0 aromatic heterocycles. The lowest BCUT2D eigenvalue weighted by molar-refractivity contribution is -0.142. The van der Waals surface area contributed by atoms with E-state index in [4.69, 9.17) is 5.73 Å². The van der Waals surface area contributed by atoms with Crippen LogP contribution >= 0.6 is 0 Å². The molecule has 2 rings (SSSR count). The van der Waals surface area contributed by atoms with Crippen molar-refractivity contribution in [1.82, 2.24) is 5.32 Å². The van der Waals surface area contributed by atoms with Crippen LogP contribution in [0.25, 0.3) is 0 Å². The van der Waals surface area contributed by atoms with Crippen LogP contribution in [0.4, 0.5) is 4.39 Å². The van der Waals surface area contributed by atoms with Crippen molar-refractivity contribution in [3.05, 3.63) is 65.5 Å². The molecule has 1 amide bonds. The van der Waals surface area contributed by atoms with E-state index >= 15 is 0 Å². The van der Waals surface area contributed by atoms with Gasteiger partial charge in [-0.25, -0.2) is 9.18 Å². The topological polar surface area (TPSA) is 113 Å². The summed E-state index contributed by atoms with van der Waals surface area (Å²) in [5.74, 6) is -1.88. The number of hydrogen-bond donors (Lipinski definition) is 4. The van der Waals surface area contributed by atoms with Crippen molar-refractivity contribution in [2.75, 3.05) is 0 Å². The highest BCUT2D eigenvalue weighted by Gasteiger charge is 2.23. The molecule has 27 heavy (non-hydrogen) atoms. The zero-order valence-electron chi connectivity index (χ0n) is 14.8. The Morgan fingerprint density at radius 3 is 2.22 bits per heavy atom. The Kier molecular flexibility index (Phi) is 7.31. The second kappa shape index (κ2) is 9.68. The summed E-state index contributed by atoms with van der Waals surface area (Å²) in [5.41, 5.74) is 7.53. The fourth-order valence-electron chi connectivity index (χ4n) is 2.68. The first-order valence-corrected chi connectivity index (χ1v) is 8.66. The van der Waals surface area contributed by atoms with E-state index in [1.54, 1.807) is 24.3 Å². The van der Waals surface area contributed by atoms with Crippen molar-refractivity contribution in [3.63, 3.8) is 0 Å². The quantitative estimate of drug-likeness (QED) is 0.536. The number of phenols is 1. The van der Waals surface area contributed by atoms with Crippen molar-refractivity contribution in [3.8, 4) is 5.75 Å². The lowest BCUT2D eigenvalue weighted by atomic mass is 10.0. The smallest absolute Gasteiger partial charge is 0.326 e. The van der Waals surface area contributed by atoms with E-state index in [1.807, 2.05) is 0 Å². The van der Waals surface area contributed by atoms with Crippen molar-refractivity contribution < 1.29 is 24.2 Å². The monoisotopic (exact) mass is 374 g/mol. The van der Waals surface area contributed by atoms with Crippen LogP contribution < -0.4 is 11.1 Å². The summed E-state index contributed by atoms with van der Waals surface area (Å²) in [6.45, 7) is 0. The molecule has 0 saturated heterocycles. The molecule has 0 saturated carbocycles. The first-order chi connectivity index (χ1) is 12.8. The molecular formula is C20H23FN2O4. The molecular weight excluding hydrogens is 351 g/mol. The Bertz CT molecular complexity index is 763. The number of halogens is 1. The number of carbonyl (C=O) groups excluding carboxylic acids is 1. The number of amides is 1. The maximum Gasteiger partial charge on any atom is 0.326 e. The maximum absolute atomic E-state index is 12.9. The molecule has 5 N–H and O–H groups in total. The average molecular weight is 374 g/mol. The van der Waals surface area contributed by atoms with Crippen LogP contribution in [-0.2, 0) is 22.4 Å². The van der Waals surface area contributed by atoms with Gasteiger partial charge in [0.25, 0.3) is 0 Å². The first kappa shape index (κ1) is 20.4. The van der Waals surface area contributed by atoms with E-state index < -0.39 is 24.0 Å². The number of aromatic hydroxyl groups is 1. The van der Waals surface area contributed by atoms with Gasteiger partial charge in [0.1, 0.15) is 17.6 Å². The number of hydrogen-bond acceptors (Lipinski definition) is 4. The summed E-state index contributed by atoms with van der Waals surface area (Å²) in [4.78, 5) is 23.6. The summed E-state index contributed by atoms with van der Waals surface area (Å²) in [5, 5.41) is 21.1. The number of carboxylic acid groups (broad SMARTS) is 1. The molecule has 2 aromatic carbocycles. The highest BCUT2D eigenvalue weighted by molar-refractivity contribution is 5.86. The van der Waals surface area contributed by atoms with Gasteiger partial charge in [-0.1, -0.05) is 24.3 Å². The molecule has 2 atom stereocenters. The minimum Gasteiger partial charge on any atom is -0.508 e. The van der Waals surface area contributed by atoms with Gasteiger partial charge >= 0.3 is 5.97 Å². The third-order valence-corrected chi connectivity index (χ3v) is 4.21. The highest BCUT2D eigenvalue weighted by Crippen LogP contribution is 2.12. The number of aliphatic carboxylic acids is 1. The number of carbonyl (C=O) groups is 2. The number of phenolic OH excluding ortho intramolecular Hbond substituents is 1. The Morgan fingerprint density at radius 1 is 1.04 bits per heavy atom. The molecule has 0 spiro atoms. The largest absolute Gasteiger partial charge is 0.508 e.